The van der Waals surface area contributed by atoms with Gasteiger partial charge in [-0.2, -0.15) is 0 Å². The highest BCUT2D eigenvalue weighted by molar-refractivity contribution is 5.76. The van der Waals surface area contributed by atoms with E-state index in [9.17, 15) is 19.8 Å². The van der Waals surface area contributed by atoms with E-state index in [1.165, 1.54) is 13.5 Å². The number of carbonyl (C=O) groups excluding carboxylic acids is 1. The minimum absolute atomic E-state index is 0.00848. The number of hydrogen-bond acceptors (Lipinski definition) is 4. The Morgan fingerprint density at radius 1 is 0.972 bits per heavy atom. The second kappa shape index (κ2) is 8.99. The zero-order valence-corrected chi connectivity index (χ0v) is 24.2. The summed E-state index contributed by atoms with van der Waals surface area (Å²) in [6.07, 6.45) is 8.65. The van der Waals surface area contributed by atoms with Crippen molar-refractivity contribution in [2.24, 2.45) is 62.6 Å². The molecular formula is C31H52O5. The van der Waals surface area contributed by atoms with Crippen molar-refractivity contribution in [1.82, 2.24) is 0 Å². The fourth-order valence-corrected chi connectivity index (χ4v) is 11.3. The second-order valence-electron chi connectivity index (χ2n) is 14.9. The minimum Gasteiger partial charge on any atom is -0.481 e. The lowest BCUT2D eigenvalue weighted by Gasteiger charge is -2.71. The molecule has 4 fully saturated rings. The summed E-state index contributed by atoms with van der Waals surface area (Å²) in [7, 11) is 1.44. The molecule has 0 spiro atoms. The topological polar surface area (TPSA) is 83.8 Å². The summed E-state index contributed by atoms with van der Waals surface area (Å²) in [5.41, 5.74) is -1.03. The molecule has 4 aliphatic carbocycles. The van der Waals surface area contributed by atoms with Gasteiger partial charge in [0.15, 0.2) is 0 Å². The van der Waals surface area contributed by atoms with Crippen LogP contribution in [0.1, 0.15) is 106 Å². The first-order valence-electron chi connectivity index (χ1n) is 14.6. The van der Waals surface area contributed by atoms with Crippen LogP contribution in [0.3, 0.4) is 0 Å². The standard InChI is InChI=1S/C31H52O5/c1-19(2)20-11-14-31(18-32)16-15-29(6)21(25(20)31)9-10-23-28(5,17-24(33)34)22(12-13-30(23,29)7)27(3,4)26(35)36-8/h19-23,25,32H,9-18H2,1-8H3,(H,33,34)/t20?,21?,22?,23-,25?,28+,29-,30-,31-/m1/s1. The number of methoxy groups -OCH3 is 1. The summed E-state index contributed by atoms with van der Waals surface area (Å²) in [5.74, 6) is 1.59. The number of aliphatic hydroxyl groups excluding tert-OH is 1. The second-order valence-corrected chi connectivity index (χ2v) is 14.9. The Hall–Kier alpha value is -1.10. The Labute approximate surface area is 219 Å². The highest BCUT2D eigenvalue weighted by Gasteiger charge is 2.70. The number of hydrogen-bond donors (Lipinski definition) is 2. The molecule has 0 aromatic heterocycles. The van der Waals surface area contributed by atoms with Crippen molar-refractivity contribution < 1.29 is 24.5 Å². The first-order chi connectivity index (χ1) is 16.6. The van der Waals surface area contributed by atoms with E-state index in [0.717, 1.165) is 44.9 Å². The number of esters is 1. The maximum absolute atomic E-state index is 12.9. The third kappa shape index (κ3) is 3.64. The summed E-state index contributed by atoms with van der Waals surface area (Å²) >= 11 is 0. The van der Waals surface area contributed by atoms with Crippen molar-refractivity contribution in [3.05, 3.63) is 0 Å². The first kappa shape index (κ1) is 27.9. The molecule has 2 N–H and O–H groups in total. The van der Waals surface area contributed by atoms with E-state index < -0.39 is 16.8 Å². The highest BCUT2D eigenvalue weighted by atomic mass is 16.5. The van der Waals surface area contributed by atoms with Crippen LogP contribution < -0.4 is 0 Å². The number of aliphatic hydroxyl groups is 1. The molecular weight excluding hydrogens is 452 g/mol. The molecule has 0 bridgehead atoms. The maximum atomic E-state index is 12.9. The van der Waals surface area contributed by atoms with E-state index in [1.807, 2.05) is 13.8 Å². The van der Waals surface area contributed by atoms with E-state index in [-0.39, 0.29) is 40.5 Å². The molecule has 206 valence electrons. The van der Waals surface area contributed by atoms with Crippen LogP contribution in [-0.2, 0) is 14.3 Å². The van der Waals surface area contributed by atoms with Gasteiger partial charge in [-0.3, -0.25) is 9.59 Å². The van der Waals surface area contributed by atoms with E-state index in [4.69, 9.17) is 4.74 Å². The molecule has 5 nitrogen and oxygen atoms in total. The molecule has 4 unspecified atom stereocenters. The molecule has 0 aliphatic heterocycles. The highest BCUT2D eigenvalue weighted by Crippen LogP contribution is 2.76. The van der Waals surface area contributed by atoms with Crippen molar-refractivity contribution >= 4 is 11.9 Å². The lowest BCUT2D eigenvalue weighted by molar-refractivity contribution is -0.236. The molecule has 36 heavy (non-hydrogen) atoms. The van der Waals surface area contributed by atoms with E-state index >= 15 is 0 Å². The van der Waals surface area contributed by atoms with Gasteiger partial charge in [-0.05, 0) is 122 Å². The Morgan fingerprint density at radius 3 is 2.19 bits per heavy atom. The third-order valence-corrected chi connectivity index (χ3v) is 13.2. The van der Waals surface area contributed by atoms with Crippen LogP contribution >= 0.6 is 0 Å². The molecule has 0 amide bonds. The SMILES string of the molecule is COC(=O)C(C)(C)C1CC[C@]2(C)[C@H](CCC3C4C(C(C)C)CC[C@]4(CO)CC[C@]32C)[C@@]1(C)CC(=O)O. The molecule has 0 aromatic rings. The zero-order valence-electron chi connectivity index (χ0n) is 24.2. The molecule has 5 heteroatoms. The molecule has 0 aromatic carbocycles. The molecule has 0 saturated heterocycles. The van der Waals surface area contributed by atoms with E-state index in [2.05, 4.69) is 34.6 Å². The first-order valence-corrected chi connectivity index (χ1v) is 14.6. The van der Waals surface area contributed by atoms with Crippen molar-refractivity contribution in [2.45, 2.75) is 106 Å². The number of aliphatic carboxylic acids is 1. The Kier molecular flexibility index (Phi) is 6.97. The van der Waals surface area contributed by atoms with Gasteiger partial charge in [0.2, 0.25) is 0 Å². The van der Waals surface area contributed by atoms with Gasteiger partial charge in [-0.1, -0.05) is 34.6 Å². The number of carbonyl (C=O) groups is 2. The van der Waals surface area contributed by atoms with Crippen molar-refractivity contribution in [3.63, 3.8) is 0 Å². The average molecular weight is 505 g/mol. The molecule has 4 rings (SSSR count). The Morgan fingerprint density at radius 2 is 1.64 bits per heavy atom. The predicted octanol–water partition coefficient (Wildman–Crippen LogP) is 6.57. The van der Waals surface area contributed by atoms with Gasteiger partial charge in [-0.15, -0.1) is 0 Å². The monoisotopic (exact) mass is 504 g/mol. The van der Waals surface area contributed by atoms with Gasteiger partial charge < -0.3 is 14.9 Å². The van der Waals surface area contributed by atoms with Gasteiger partial charge in [0, 0.05) is 6.61 Å². The number of rotatable bonds is 6. The van der Waals surface area contributed by atoms with Crippen LogP contribution in [0.25, 0.3) is 0 Å². The van der Waals surface area contributed by atoms with Gasteiger partial charge in [0.25, 0.3) is 0 Å². The van der Waals surface area contributed by atoms with Crippen molar-refractivity contribution in [2.75, 3.05) is 13.7 Å². The lowest BCUT2D eigenvalue weighted by atomic mass is 9.33. The fourth-order valence-electron chi connectivity index (χ4n) is 11.3. The predicted molar refractivity (Wildman–Crippen MR) is 141 cm³/mol. The van der Waals surface area contributed by atoms with Gasteiger partial charge in [-0.25, -0.2) is 0 Å². The van der Waals surface area contributed by atoms with Crippen molar-refractivity contribution in [3.8, 4) is 0 Å². The van der Waals surface area contributed by atoms with Crippen LogP contribution in [-0.4, -0.2) is 35.9 Å². The summed E-state index contributed by atoms with van der Waals surface area (Å²) < 4.78 is 5.23. The number of fused-ring (bicyclic) bond motifs is 5. The minimum atomic E-state index is -0.765. The zero-order chi connectivity index (χ0) is 26.9. The maximum Gasteiger partial charge on any atom is 0.311 e. The smallest absolute Gasteiger partial charge is 0.311 e. The fraction of sp³-hybridized carbons (Fsp3) is 0.935. The lowest BCUT2D eigenvalue weighted by Crippen LogP contribution is -2.66. The van der Waals surface area contributed by atoms with Crippen LogP contribution in [0.4, 0.5) is 0 Å². The largest absolute Gasteiger partial charge is 0.481 e. The molecule has 4 saturated carbocycles. The average Bonchev–Trinajstić information content (AvgIpc) is 3.19. The number of ether oxygens (including phenoxy) is 1. The molecule has 0 radical (unpaired) electrons. The molecule has 9 atom stereocenters. The molecule has 0 heterocycles. The number of carboxylic acid groups (broad SMARTS) is 1. The van der Waals surface area contributed by atoms with Crippen molar-refractivity contribution in [1.29, 1.82) is 0 Å². The summed E-state index contributed by atoms with van der Waals surface area (Å²) in [5, 5.41) is 20.8. The normalized spacial score (nSPS) is 46.6. The summed E-state index contributed by atoms with van der Waals surface area (Å²) in [6.45, 7) is 16.1. The van der Waals surface area contributed by atoms with Gasteiger partial charge >= 0.3 is 11.9 Å². The van der Waals surface area contributed by atoms with Crippen LogP contribution in [0.15, 0.2) is 0 Å². The Bertz CT molecular complexity index is 880. The number of carboxylic acids is 1. The molecule has 4 aliphatic rings. The van der Waals surface area contributed by atoms with E-state index in [1.54, 1.807) is 0 Å². The van der Waals surface area contributed by atoms with Crippen LogP contribution in [0.2, 0.25) is 0 Å². The van der Waals surface area contributed by atoms with Gasteiger partial charge in [0.1, 0.15) is 0 Å². The van der Waals surface area contributed by atoms with Crippen LogP contribution in [0, 0.1) is 62.6 Å². The van der Waals surface area contributed by atoms with Gasteiger partial charge in [0.05, 0.1) is 18.9 Å². The summed E-state index contributed by atoms with van der Waals surface area (Å²) in [6, 6.07) is 0. The summed E-state index contributed by atoms with van der Waals surface area (Å²) in [4.78, 5) is 25.3. The quantitative estimate of drug-likeness (QED) is 0.400. The Balaban J connectivity index is 1.79. The van der Waals surface area contributed by atoms with Crippen LogP contribution in [0.5, 0.6) is 0 Å². The third-order valence-electron chi connectivity index (χ3n) is 13.2. The van der Waals surface area contributed by atoms with E-state index in [0.29, 0.717) is 30.3 Å².